The Balaban J connectivity index is 1.51. The van der Waals surface area contributed by atoms with Gasteiger partial charge in [0.25, 0.3) is 0 Å². The molecular weight excluding hydrogens is 351 g/mol. The van der Waals surface area contributed by atoms with Crippen molar-refractivity contribution in [1.82, 2.24) is 0 Å². The Morgan fingerprint density at radius 2 is 1.70 bits per heavy atom. The van der Waals surface area contributed by atoms with Crippen molar-refractivity contribution in [2.75, 3.05) is 13.7 Å². The van der Waals surface area contributed by atoms with E-state index in [0.717, 1.165) is 11.1 Å². The van der Waals surface area contributed by atoms with Crippen molar-refractivity contribution in [2.45, 2.75) is 43.7 Å². The van der Waals surface area contributed by atoms with E-state index in [9.17, 15) is 0 Å². The summed E-state index contributed by atoms with van der Waals surface area (Å²) >= 11 is 0. The van der Waals surface area contributed by atoms with Crippen molar-refractivity contribution in [2.24, 2.45) is 0 Å². The van der Waals surface area contributed by atoms with Crippen LogP contribution in [0.5, 0.6) is 0 Å². The van der Waals surface area contributed by atoms with Crippen LogP contribution in [0.4, 0.5) is 4.39 Å². The molecule has 0 N–H and O–H groups in total. The molecule has 2 aliphatic heterocycles. The first-order chi connectivity index (χ1) is 13.3. The fraction of sp³-hybridized carbons (Fsp3) is 0.429. The Morgan fingerprint density at radius 3 is 2.41 bits per heavy atom. The minimum atomic E-state index is -1.46. The van der Waals surface area contributed by atoms with Gasteiger partial charge < -0.3 is 23.7 Å². The molecule has 1 unspecified atom stereocenters. The van der Waals surface area contributed by atoms with Gasteiger partial charge in [0.05, 0.1) is 13.2 Å². The topological polar surface area (TPSA) is 46.2 Å². The van der Waals surface area contributed by atoms with E-state index in [0.29, 0.717) is 0 Å². The van der Waals surface area contributed by atoms with Gasteiger partial charge in [0.15, 0.2) is 18.8 Å². The van der Waals surface area contributed by atoms with E-state index in [-0.39, 0.29) is 13.2 Å². The van der Waals surface area contributed by atoms with E-state index in [1.165, 1.54) is 7.11 Å². The van der Waals surface area contributed by atoms with Crippen LogP contribution >= 0.6 is 0 Å². The maximum atomic E-state index is 15.0. The number of halogens is 1. The lowest BCUT2D eigenvalue weighted by molar-refractivity contribution is -0.356. The summed E-state index contributed by atoms with van der Waals surface area (Å²) in [6, 6.07) is 19.2. The minimum Gasteiger partial charge on any atom is -0.367 e. The lowest BCUT2D eigenvalue weighted by atomic mass is 9.98. The number of ether oxygens (including phenoxy) is 5. The average Bonchev–Trinajstić information content (AvgIpc) is 2.74. The maximum Gasteiger partial charge on any atom is 0.191 e. The van der Waals surface area contributed by atoms with Crippen LogP contribution in [0.25, 0.3) is 0 Å². The van der Waals surface area contributed by atoms with Crippen LogP contribution in [0, 0.1) is 0 Å². The molecule has 0 saturated carbocycles. The molecule has 5 nitrogen and oxygen atoms in total. The van der Waals surface area contributed by atoms with Crippen LogP contribution in [0.2, 0.25) is 0 Å². The molecule has 0 spiro atoms. The largest absolute Gasteiger partial charge is 0.367 e. The number of methoxy groups -OCH3 is 1. The third kappa shape index (κ3) is 4.05. The fourth-order valence-corrected chi connectivity index (χ4v) is 3.46. The second kappa shape index (κ2) is 8.46. The first kappa shape index (κ1) is 18.5. The maximum absolute atomic E-state index is 15.0. The Morgan fingerprint density at radius 1 is 1.00 bits per heavy atom. The number of benzene rings is 2. The van der Waals surface area contributed by atoms with Crippen LogP contribution in [0.15, 0.2) is 60.7 Å². The van der Waals surface area contributed by atoms with Crippen molar-refractivity contribution in [3.8, 4) is 0 Å². The molecule has 0 radical (unpaired) electrons. The van der Waals surface area contributed by atoms with Gasteiger partial charge in [0.2, 0.25) is 0 Å². The van der Waals surface area contributed by atoms with Crippen molar-refractivity contribution >= 4 is 0 Å². The van der Waals surface area contributed by atoms with Gasteiger partial charge in [-0.25, -0.2) is 4.39 Å². The Labute approximate surface area is 157 Å². The van der Waals surface area contributed by atoms with Crippen molar-refractivity contribution in [3.05, 3.63) is 71.8 Å². The molecule has 2 aliphatic rings. The Bertz CT molecular complexity index is 713. The lowest BCUT2D eigenvalue weighted by Crippen LogP contribution is -2.61. The predicted molar refractivity (Wildman–Crippen MR) is 95.6 cm³/mol. The summed E-state index contributed by atoms with van der Waals surface area (Å²) in [4.78, 5) is 0. The van der Waals surface area contributed by atoms with Crippen molar-refractivity contribution in [1.29, 1.82) is 0 Å². The van der Waals surface area contributed by atoms with Gasteiger partial charge in [-0.3, -0.25) is 0 Å². The van der Waals surface area contributed by atoms with Gasteiger partial charge in [-0.2, -0.15) is 0 Å². The summed E-state index contributed by atoms with van der Waals surface area (Å²) in [7, 11) is 1.42. The van der Waals surface area contributed by atoms with E-state index in [1.54, 1.807) is 0 Å². The fourth-order valence-electron chi connectivity index (χ4n) is 3.46. The number of fused-ring (bicyclic) bond motifs is 1. The molecule has 2 saturated heterocycles. The molecule has 0 aliphatic carbocycles. The molecule has 0 amide bonds. The highest BCUT2D eigenvalue weighted by Crippen LogP contribution is 2.36. The predicted octanol–water partition coefficient (Wildman–Crippen LogP) is 3.40. The summed E-state index contributed by atoms with van der Waals surface area (Å²) in [5.74, 6) is 0. The molecule has 2 aromatic carbocycles. The highest BCUT2D eigenvalue weighted by molar-refractivity contribution is 5.17. The second-order valence-electron chi connectivity index (χ2n) is 6.66. The average molecular weight is 374 g/mol. The summed E-state index contributed by atoms with van der Waals surface area (Å²) in [6.07, 6.45) is -4.91. The highest BCUT2D eigenvalue weighted by atomic mass is 19.1. The van der Waals surface area contributed by atoms with Crippen LogP contribution in [0.1, 0.15) is 17.4 Å². The third-order valence-corrected chi connectivity index (χ3v) is 4.85. The molecule has 2 aromatic rings. The Kier molecular flexibility index (Phi) is 5.80. The molecular formula is C21H23FO5. The molecule has 0 bridgehead atoms. The molecule has 4 rings (SSSR count). The zero-order valence-electron chi connectivity index (χ0n) is 15.1. The minimum absolute atomic E-state index is 0.280. The molecule has 144 valence electrons. The van der Waals surface area contributed by atoms with Gasteiger partial charge in [-0.15, -0.1) is 0 Å². The van der Waals surface area contributed by atoms with Crippen molar-refractivity contribution < 1.29 is 28.1 Å². The van der Waals surface area contributed by atoms with Gasteiger partial charge in [0.1, 0.15) is 18.3 Å². The molecule has 2 fully saturated rings. The Hall–Kier alpha value is -1.83. The van der Waals surface area contributed by atoms with Crippen LogP contribution in [-0.2, 0) is 30.3 Å². The van der Waals surface area contributed by atoms with E-state index in [1.807, 2.05) is 60.7 Å². The summed E-state index contributed by atoms with van der Waals surface area (Å²) < 4.78 is 43.7. The second-order valence-corrected chi connectivity index (χ2v) is 6.66. The van der Waals surface area contributed by atoms with E-state index >= 15 is 4.39 Å². The van der Waals surface area contributed by atoms with Gasteiger partial charge in [-0.1, -0.05) is 60.7 Å². The highest BCUT2D eigenvalue weighted by Gasteiger charge is 2.51. The van der Waals surface area contributed by atoms with Gasteiger partial charge in [-0.05, 0) is 5.56 Å². The summed E-state index contributed by atoms with van der Waals surface area (Å²) in [5.41, 5.74) is 1.84. The van der Waals surface area contributed by atoms with Crippen LogP contribution in [-0.4, -0.2) is 44.5 Å². The SMILES string of the molecule is CO[C@@H]1O[C@@H]2COC(c3ccccc3)O[C@H]2[C@H](OCc2ccccc2)[C@H]1F. The number of hydrogen-bond acceptors (Lipinski definition) is 5. The molecule has 2 heterocycles. The molecule has 6 atom stereocenters. The zero-order chi connectivity index (χ0) is 18.6. The normalized spacial score (nSPS) is 33.4. The van der Waals surface area contributed by atoms with Gasteiger partial charge in [0, 0.05) is 12.7 Å². The lowest BCUT2D eigenvalue weighted by Gasteiger charge is -2.46. The summed E-state index contributed by atoms with van der Waals surface area (Å²) in [6.45, 7) is 0.563. The van der Waals surface area contributed by atoms with E-state index in [2.05, 4.69) is 0 Å². The standard InChI is InChI=1S/C21H23FO5/c1-23-21-17(22)19(24-12-14-8-4-2-5-9-14)18-16(26-21)13-25-20(27-18)15-10-6-3-7-11-15/h2-11,16-21H,12-13H2,1H3/t16-,17-,18-,19-,20?,21-/m1/s1. The number of hydrogen-bond donors (Lipinski definition) is 0. The zero-order valence-corrected chi connectivity index (χ0v) is 15.1. The first-order valence-corrected chi connectivity index (χ1v) is 9.06. The molecule has 6 heteroatoms. The quantitative estimate of drug-likeness (QED) is 0.803. The van der Waals surface area contributed by atoms with E-state index in [4.69, 9.17) is 23.7 Å². The number of alkyl halides is 1. The first-order valence-electron chi connectivity index (χ1n) is 9.06. The van der Waals surface area contributed by atoms with Crippen molar-refractivity contribution in [3.63, 3.8) is 0 Å². The van der Waals surface area contributed by atoms with Crippen LogP contribution < -0.4 is 0 Å². The monoisotopic (exact) mass is 374 g/mol. The van der Waals surface area contributed by atoms with E-state index < -0.39 is 37.1 Å². The molecule has 27 heavy (non-hydrogen) atoms. The van der Waals surface area contributed by atoms with Gasteiger partial charge >= 0.3 is 0 Å². The number of rotatable bonds is 5. The summed E-state index contributed by atoms with van der Waals surface area (Å²) in [5, 5.41) is 0. The van der Waals surface area contributed by atoms with Crippen LogP contribution in [0.3, 0.4) is 0 Å². The molecule has 0 aromatic heterocycles. The smallest absolute Gasteiger partial charge is 0.191 e. The third-order valence-electron chi connectivity index (χ3n) is 4.85.